The van der Waals surface area contributed by atoms with Gasteiger partial charge in [-0.05, 0) is 61.2 Å². The van der Waals surface area contributed by atoms with Crippen LogP contribution in [0.25, 0.3) is 0 Å². The van der Waals surface area contributed by atoms with Gasteiger partial charge in [0, 0.05) is 16.3 Å². The molecule has 5 heteroatoms. The Morgan fingerprint density at radius 3 is 2.40 bits per heavy atom. The van der Waals surface area contributed by atoms with E-state index < -0.39 is 0 Å². The summed E-state index contributed by atoms with van der Waals surface area (Å²) in [5.41, 5.74) is 6.09. The van der Waals surface area contributed by atoms with Crippen molar-refractivity contribution in [2.45, 2.75) is 40.2 Å². The number of hydrazone groups is 1. The third kappa shape index (κ3) is 5.61. The highest BCUT2D eigenvalue weighted by atomic mass is 35.5. The molecular weight excluding hydrogens is 336 g/mol. The van der Waals surface area contributed by atoms with Crippen molar-refractivity contribution in [2.24, 2.45) is 5.10 Å². The number of carbonyl (C=O) groups excluding carboxylic acids is 1. The molecule has 2 rings (SSSR count). The van der Waals surface area contributed by atoms with Crippen LogP contribution >= 0.6 is 11.6 Å². The minimum Gasteiger partial charge on any atom is -0.489 e. The van der Waals surface area contributed by atoms with Crippen molar-refractivity contribution in [3.63, 3.8) is 0 Å². The molecule has 0 heterocycles. The van der Waals surface area contributed by atoms with Gasteiger partial charge in [-0.3, -0.25) is 4.79 Å². The first kappa shape index (κ1) is 19.0. The van der Waals surface area contributed by atoms with E-state index in [0.29, 0.717) is 12.2 Å². The number of amides is 1. The summed E-state index contributed by atoms with van der Waals surface area (Å²) in [7, 11) is 0. The van der Waals surface area contributed by atoms with Crippen LogP contribution in [0.3, 0.4) is 0 Å². The van der Waals surface area contributed by atoms with E-state index in [9.17, 15) is 4.79 Å². The fourth-order valence-electron chi connectivity index (χ4n) is 2.23. The van der Waals surface area contributed by atoms with E-state index in [0.717, 1.165) is 40.5 Å². The fourth-order valence-corrected chi connectivity index (χ4v) is 2.35. The molecule has 132 valence electrons. The molecule has 1 amide bonds. The highest BCUT2D eigenvalue weighted by Crippen LogP contribution is 2.21. The molecule has 2 aromatic carbocycles. The molecule has 0 saturated heterocycles. The number of hydrogen-bond acceptors (Lipinski definition) is 3. The van der Waals surface area contributed by atoms with Gasteiger partial charge < -0.3 is 4.74 Å². The number of nitrogens with zero attached hydrogens (tertiary/aromatic N) is 1. The Kier molecular flexibility index (Phi) is 7.02. The standard InChI is InChI=1S/C20H23ClN2O2/c1-4-17(5-2)22-23-20(24)16-8-6-15(7-9-16)13-25-18-10-11-19(21)14(3)12-18/h6-12H,4-5,13H2,1-3H3,(H,23,24). The van der Waals surface area contributed by atoms with Crippen molar-refractivity contribution in [3.05, 3.63) is 64.2 Å². The zero-order valence-electron chi connectivity index (χ0n) is 14.8. The van der Waals surface area contributed by atoms with E-state index in [1.54, 1.807) is 12.1 Å². The van der Waals surface area contributed by atoms with Crippen molar-refractivity contribution < 1.29 is 9.53 Å². The van der Waals surface area contributed by atoms with Crippen molar-refractivity contribution in [3.8, 4) is 5.75 Å². The molecule has 0 radical (unpaired) electrons. The molecule has 0 aromatic heterocycles. The topological polar surface area (TPSA) is 50.7 Å². The van der Waals surface area contributed by atoms with Gasteiger partial charge in [0.25, 0.3) is 5.91 Å². The Morgan fingerprint density at radius 2 is 1.80 bits per heavy atom. The van der Waals surface area contributed by atoms with E-state index in [4.69, 9.17) is 16.3 Å². The second kappa shape index (κ2) is 9.23. The van der Waals surface area contributed by atoms with Gasteiger partial charge in [-0.2, -0.15) is 5.10 Å². The van der Waals surface area contributed by atoms with Crippen LogP contribution in [0.4, 0.5) is 0 Å². The minimum absolute atomic E-state index is 0.208. The Labute approximate surface area is 153 Å². The monoisotopic (exact) mass is 358 g/mol. The molecule has 0 aliphatic carbocycles. The Hall–Kier alpha value is -2.33. The van der Waals surface area contributed by atoms with Gasteiger partial charge in [0.15, 0.2) is 0 Å². The Bertz CT molecular complexity index is 749. The maximum atomic E-state index is 12.1. The van der Waals surface area contributed by atoms with Crippen LogP contribution in [0.5, 0.6) is 5.75 Å². The Morgan fingerprint density at radius 1 is 1.12 bits per heavy atom. The lowest BCUT2D eigenvalue weighted by Crippen LogP contribution is -2.19. The molecule has 0 spiro atoms. The van der Waals surface area contributed by atoms with Gasteiger partial charge in [-0.1, -0.05) is 37.6 Å². The summed E-state index contributed by atoms with van der Waals surface area (Å²) in [6, 6.07) is 12.9. The van der Waals surface area contributed by atoms with Gasteiger partial charge >= 0.3 is 0 Å². The van der Waals surface area contributed by atoms with E-state index in [1.807, 2.05) is 51.1 Å². The van der Waals surface area contributed by atoms with E-state index in [-0.39, 0.29) is 5.91 Å². The highest BCUT2D eigenvalue weighted by Gasteiger charge is 2.05. The summed E-state index contributed by atoms with van der Waals surface area (Å²) in [4.78, 5) is 12.1. The number of halogens is 1. The number of hydrogen-bond donors (Lipinski definition) is 1. The van der Waals surface area contributed by atoms with Gasteiger partial charge in [-0.25, -0.2) is 5.43 Å². The fraction of sp³-hybridized carbons (Fsp3) is 0.300. The quantitative estimate of drug-likeness (QED) is 0.550. The molecule has 2 aromatic rings. The van der Waals surface area contributed by atoms with E-state index in [2.05, 4.69) is 10.5 Å². The highest BCUT2D eigenvalue weighted by molar-refractivity contribution is 6.31. The number of aryl methyl sites for hydroxylation is 1. The second-order valence-corrected chi connectivity index (χ2v) is 6.13. The maximum Gasteiger partial charge on any atom is 0.271 e. The second-order valence-electron chi connectivity index (χ2n) is 5.72. The largest absolute Gasteiger partial charge is 0.489 e. The normalized spacial score (nSPS) is 10.2. The SMILES string of the molecule is CCC(CC)=NNC(=O)c1ccc(COc2ccc(Cl)c(C)c2)cc1. The van der Waals surface area contributed by atoms with Crippen LogP contribution in [0.1, 0.15) is 48.2 Å². The summed E-state index contributed by atoms with van der Waals surface area (Å²) >= 11 is 6.01. The van der Waals surface area contributed by atoms with Gasteiger partial charge in [0.2, 0.25) is 0 Å². The molecule has 0 aliphatic rings. The zero-order valence-corrected chi connectivity index (χ0v) is 15.6. The predicted octanol–water partition coefficient (Wildman–Crippen LogP) is 5.13. The third-order valence-electron chi connectivity index (χ3n) is 3.88. The van der Waals surface area contributed by atoms with Crippen molar-refractivity contribution in [2.75, 3.05) is 0 Å². The van der Waals surface area contributed by atoms with E-state index >= 15 is 0 Å². The number of ether oxygens (including phenoxy) is 1. The molecule has 0 saturated carbocycles. The van der Waals surface area contributed by atoms with Crippen molar-refractivity contribution in [1.29, 1.82) is 0 Å². The number of benzene rings is 2. The average Bonchev–Trinajstić information content (AvgIpc) is 2.64. The first-order chi connectivity index (χ1) is 12.0. The number of carbonyl (C=O) groups is 1. The van der Waals surface area contributed by atoms with Crippen molar-refractivity contribution >= 4 is 23.2 Å². The molecule has 4 nitrogen and oxygen atoms in total. The van der Waals surface area contributed by atoms with Crippen LogP contribution in [0.2, 0.25) is 5.02 Å². The molecule has 0 unspecified atom stereocenters. The van der Waals surface area contributed by atoms with Crippen LogP contribution in [0.15, 0.2) is 47.6 Å². The first-order valence-electron chi connectivity index (χ1n) is 8.37. The summed E-state index contributed by atoms with van der Waals surface area (Å²) < 4.78 is 5.76. The average molecular weight is 359 g/mol. The summed E-state index contributed by atoms with van der Waals surface area (Å²) in [6.07, 6.45) is 1.66. The number of nitrogens with one attached hydrogen (secondary N) is 1. The number of rotatable bonds is 7. The maximum absolute atomic E-state index is 12.1. The van der Waals surface area contributed by atoms with E-state index in [1.165, 1.54) is 0 Å². The van der Waals surface area contributed by atoms with Crippen LogP contribution in [-0.4, -0.2) is 11.6 Å². The zero-order chi connectivity index (χ0) is 18.2. The molecule has 1 N–H and O–H groups in total. The van der Waals surface area contributed by atoms with Gasteiger partial charge in [0.1, 0.15) is 12.4 Å². The van der Waals surface area contributed by atoms with Crippen LogP contribution < -0.4 is 10.2 Å². The van der Waals surface area contributed by atoms with Crippen LogP contribution in [0, 0.1) is 6.92 Å². The molecule has 25 heavy (non-hydrogen) atoms. The lowest BCUT2D eigenvalue weighted by Gasteiger charge is -2.08. The molecule has 0 aliphatic heterocycles. The molecular formula is C20H23ClN2O2. The van der Waals surface area contributed by atoms with Crippen LogP contribution in [-0.2, 0) is 6.61 Å². The summed E-state index contributed by atoms with van der Waals surface area (Å²) in [5, 5.41) is 4.85. The lowest BCUT2D eigenvalue weighted by molar-refractivity contribution is 0.0954. The third-order valence-corrected chi connectivity index (χ3v) is 4.31. The lowest BCUT2D eigenvalue weighted by atomic mass is 10.1. The summed E-state index contributed by atoms with van der Waals surface area (Å²) in [6.45, 7) is 6.40. The van der Waals surface area contributed by atoms with Gasteiger partial charge in [0.05, 0.1) is 0 Å². The summed E-state index contributed by atoms with van der Waals surface area (Å²) in [5.74, 6) is 0.560. The predicted molar refractivity (Wildman–Crippen MR) is 102 cm³/mol. The van der Waals surface area contributed by atoms with Crippen molar-refractivity contribution in [1.82, 2.24) is 5.43 Å². The molecule has 0 fully saturated rings. The molecule has 0 atom stereocenters. The first-order valence-corrected chi connectivity index (χ1v) is 8.75. The smallest absolute Gasteiger partial charge is 0.271 e. The van der Waals surface area contributed by atoms with Gasteiger partial charge in [-0.15, -0.1) is 0 Å². The molecule has 0 bridgehead atoms. The Balaban J connectivity index is 1.94. The minimum atomic E-state index is -0.208.